The lowest BCUT2D eigenvalue weighted by molar-refractivity contribution is -0.137. The van der Waals surface area contributed by atoms with Crippen LogP contribution in [0.2, 0.25) is 0 Å². The van der Waals surface area contributed by atoms with Crippen LogP contribution in [0.5, 0.6) is 0 Å². The maximum Gasteiger partial charge on any atom is 0.416 e. The van der Waals surface area contributed by atoms with Crippen molar-refractivity contribution in [2.45, 2.75) is 31.1 Å². The molecule has 1 N–H and O–H groups in total. The molecule has 2 aromatic carbocycles. The summed E-state index contributed by atoms with van der Waals surface area (Å²) in [4.78, 5) is 19.5. The number of nitrogens with zero attached hydrogens (tertiary/aromatic N) is 2. The molecule has 4 rings (SSSR count). The average molecular weight is 425 g/mol. The molecule has 1 aliphatic rings. The Morgan fingerprint density at radius 3 is 2.32 bits per heavy atom. The summed E-state index contributed by atoms with van der Waals surface area (Å²) in [6.45, 7) is 0.597. The van der Waals surface area contributed by atoms with Gasteiger partial charge in [0.2, 0.25) is 5.91 Å². The minimum atomic E-state index is -4.42. The Balaban J connectivity index is 1.66. The smallest absolute Gasteiger partial charge is 0.370 e. The zero-order valence-electron chi connectivity index (χ0n) is 16.7. The normalized spacial score (nSPS) is 17.4. The Bertz CT molecular complexity index is 1010. The van der Waals surface area contributed by atoms with E-state index in [1.807, 2.05) is 47.4 Å². The van der Waals surface area contributed by atoms with E-state index in [4.69, 9.17) is 0 Å². The number of rotatable bonds is 5. The van der Waals surface area contributed by atoms with Crippen LogP contribution in [0.15, 0.2) is 79.1 Å². The summed E-state index contributed by atoms with van der Waals surface area (Å²) in [5.41, 5.74) is 1.48. The second kappa shape index (κ2) is 8.79. The first-order valence-electron chi connectivity index (χ1n) is 10.1. The Morgan fingerprint density at radius 2 is 1.68 bits per heavy atom. The van der Waals surface area contributed by atoms with Crippen molar-refractivity contribution in [1.29, 1.82) is 0 Å². The van der Waals surface area contributed by atoms with E-state index in [9.17, 15) is 18.0 Å². The van der Waals surface area contributed by atoms with Gasteiger partial charge in [0.05, 0.1) is 11.6 Å². The van der Waals surface area contributed by atoms with E-state index in [0.717, 1.165) is 36.2 Å². The van der Waals surface area contributed by atoms with Gasteiger partial charge in [-0.15, -0.1) is 0 Å². The molecule has 4 nitrogen and oxygen atoms in total. The largest absolute Gasteiger partial charge is 0.416 e. The third-order valence-electron chi connectivity index (χ3n) is 5.53. The van der Waals surface area contributed by atoms with E-state index in [0.29, 0.717) is 12.1 Å². The predicted octanol–water partition coefficient (Wildman–Crippen LogP) is 5.62. The lowest BCUT2D eigenvalue weighted by Crippen LogP contribution is -2.37. The van der Waals surface area contributed by atoms with Gasteiger partial charge in [-0.3, -0.25) is 9.78 Å². The quantitative estimate of drug-likeness (QED) is 0.577. The Kier molecular flexibility index (Phi) is 5.93. The van der Waals surface area contributed by atoms with Gasteiger partial charge in [0.25, 0.3) is 0 Å². The van der Waals surface area contributed by atoms with E-state index in [1.54, 1.807) is 12.4 Å². The van der Waals surface area contributed by atoms with Crippen molar-refractivity contribution in [3.05, 3.63) is 95.8 Å². The van der Waals surface area contributed by atoms with Crippen LogP contribution in [0.1, 0.15) is 41.6 Å². The van der Waals surface area contributed by atoms with Gasteiger partial charge in [0, 0.05) is 24.6 Å². The van der Waals surface area contributed by atoms with Gasteiger partial charge in [-0.05, 0) is 60.4 Å². The van der Waals surface area contributed by atoms with Gasteiger partial charge in [0.1, 0.15) is 6.04 Å². The summed E-state index contributed by atoms with van der Waals surface area (Å²) in [5.74, 6) is -0.164. The summed E-state index contributed by atoms with van der Waals surface area (Å²) in [7, 11) is 0. The Labute approximate surface area is 178 Å². The van der Waals surface area contributed by atoms with Crippen LogP contribution >= 0.6 is 0 Å². The highest BCUT2D eigenvalue weighted by Gasteiger charge is 2.35. The summed E-state index contributed by atoms with van der Waals surface area (Å²) >= 11 is 0. The zero-order chi connectivity index (χ0) is 21.8. The van der Waals surface area contributed by atoms with Crippen molar-refractivity contribution in [2.24, 2.45) is 0 Å². The lowest BCUT2D eigenvalue weighted by Gasteiger charge is -2.30. The van der Waals surface area contributed by atoms with E-state index in [1.165, 1.54) is 12.1 Å². The zero-order valence-corrected chi connectivity index (χ0v) is 16.7. The fraction of sp³-hybridized carbons (Fsp3) is 0.250. The van der Waals surface area contributed by atoms with E-state index in [2.05, 4.69) is 10.3 Å². The standard InChI is InChI=1S/C24H22F3N3O/c25-24(26,27)19-10-8-18(9-11-19)22(29-20-5-2-1-3-6-20)23(31)30-16-4-7-21(30)17-12-14-28-15-13-17/h1-3,5-6,8-15,21-22,29H,4,7,16H2. The number of likely N-dealkylation sites (tertiary alicyclic amines) is 1. The Morgan fingerprint density at radius 1 is 1.00 bits per heavy atom. The van der Waals surface area contributed by atoms with Crippen molar-refractivity contribution in [2.75, 3.05) is 11.9 Å². The van der Waals surface area contributed by atoms with Gasteiger partial charge < -0.3 is 10.2 Å². The number of pyridine rings is 1. The van der Waals surface area contributed by atoms with Crippen LogP contribution in [0.4, 0.5) is 18.9 Å². The summed E-state index contributed by atoms with van der Waals surface area (Å²) in [6, 6.07) is 16.9. The van der Waals surface area contributed by atoms with Gasteiger partial charge in [-0.1, -0.05) is 30.3 Å². The molecule has 1 saturated heterocycles. The first-order chi connectivity index (χ1) is 14.9. The number of nitrogens with one attached hydrogen (secondary N) is 1. The summed E-state index contributed by atoms with van der Waals surface area (Å²) in [5, 5.41) is 3.22. The second-order valence-corrected chi connectivity index (χ2v) is 7.53. The van der Waals surface area contributed by atoms with Crippen LogP contribution in [0.3, 0.4) is 0 Å². The van der Waals surface area contributed by atoms with Crippen molar-refractivity contribution in [1.82, 2.24) is 9.88 Å². The van der Waals surface area contributed by atoms with Gasteiger partial charge in [-0.2, -0.15) is 13.2 Å². The number of benzene rings is 2. The molecule has 2 atom stereocenters. The van der Waals surface area contributed by atoms with Crippen LogP contribution in [0.25, 0.3) is 0 Å². The summed E-state index contributed by atoms with van der Waals surface area (Å²) in [6.07, 6.45) is 0.675. The molecular formula is C24H22F3N3O. The number of para-hydroxylation sites is 1. The monoisotopic (exact) mass is 425 g/mol. The fourth-order valence-corrected chi connectivity index (χ4v) is 3.98. The molecule has 0 bridgehead atoms. The number of halogens is 3. The van der Waals surface area contributed by atoms with Crippen molar-refractivity contribution < 1.29 is 18.0 Å². The molecule has 1 aromatic heterocycles. The third kappa shape index (κ3) is 4.71. The molecular weight excluding hydrogens is 403 g/mol. The molecule has 1 fully saturated rings. The number of aromatic nitrogens is 1. The van der Waals surface area contributed by atoms with E-state index < -0.39 is 17.8 Å². The second-order valence-electron chi connectivity index (χ2n) is 7.53. The SMILES string of the molecule is O=C(C(Nc1ccccc1)c1ccc(C(F)(F)F)cc1)N1CCCC1c1ccncc1. The van der Waals surface area contributed by atoms with Crippen LogP contribution < -0.4 is 5.32 Å². The predicted molar refractivity (Wildman–Crippen MR) is 112 cm³/mol. The summed E-state index contributed by atoms with van der Waals surface area (Å²) < 4.78 is 39.0. The molecule has 0 spiro atoms. The topological polar surface area (TPSA) is 45.2 Å². The van der Waals surface area contributed by atoms with Gasteiger partial charge in [-0.25, -0.2) is 0 Å². The van der Waals surface area contributed by atoms with Crippen LogP contribution in [-0.4, -0.2) is 22.3 Å². The van der Waals surface area contributed by atoms with Gasteiger partial charge >= 0.3 is 6.18 Å². The number of amides is 1. The first-order valence-corrected chi connectivity index (χ1v) is 10.1. The van der Waals surface area contributed by atoms with Crippen molar-refractivity contribution in [3.63, 3.8) is 0 Å². The fourth-order valence-electron chi connectivity index (χ4n) is 3.98. The Hall–Kier alpha value is -3.35. The van der Waals surface area contributed by atoms with Crippen LogP contribution in [-0.2, 0) is 11.0 Å². The maximum atomic E-state index is 13.6. The molecule has 7 heteroatoms. The van der Waals surface area contributed by atoms with Crippen LogP contribution in [0, 0.1) is 0 Å². The number of carbonyl (C=O) groups excluding carboxylic acids is 1. The molecule has 3 aromatic rings. The van der Waals surface area contributed by atoms with Gasteiger partial charge in [0.15, 0.2) is 0 Å². The minimum absolute atomic E-state index is 0.0787. The van der Waals surface area contributed by atoms with Crippen molar-refractivity contribution >= 4 is 11.6 Å². The van der Waals surface area contributed by atoms with Crippen molar-refractivity contribution in [3.8, 4) is 0 Å². The highest BCUT2D eigenvalue weighted by molar-refractivity contribution is 5.86. The molecule has 1 aliphatic heterocycles. The highest BCUT2D eigenvalue weighted by Crippen LogP contribution is 2.36. The third-order valence-corrected chi connectivity index (χ3v) is 5.53. The molecule has 160 valence electrons. The van der Waals surface area contributed by atoms with E-state index >= 15 is 0 Å². The lowest BCUT2D eigenvalue weighted by atomic mass is 10.0. The average Bonchev–Trinajstić information content (AvgIpc) is 3.28. The maximum absolute atomic E-state index is 13.6. The molecule has 2 heterocycles. The number of hydrogen-bond acceptors (Lipinski definition) is 3. The molecule has 0 saturated carbocycles. The molecule has 2 unspecified atom stereocenters. The molecule has 1 amide bonds. The number of anilines is 1. The molecule has 31 heavy (non-hydrogen) atoms. The highest BCUT2D eigenvalue weighted by atomic mass is 19.4. The first kappa shape index (κ1) is 20.9. The number of alkyl halides is 3. The van der Waals surface area contributed by atoms with E-state index in [-0.39, 0.29) is 11.9 Å². The molecule has 0 radical (unpaired) electrons. The minimum Gasteiger partial charge on any atom is -0.370 e. The number of hydrogen-bond donors (Lipinski definition) is 1. The number of carbonyl (C=O) groups is 1. The molecule has 0 aliphatic carbocycles.